The predicted molar refractivity (Wildman–Crippen MR) is 85.1 cm³/mol. The van der Waals surface area contributed by atoms with E-state index in [1.807, 2.05) is 0 Å². The van der Waals surface area contributed by atoms with Crippen LogP contribution in [-0.2, 0) is 12.8 Å². The second kappa shape index (κ2) is 6.28. The fourth-order valence-electron chi connectivity index (χ4n) is 3.38. The zero-order valence-corrected chi connectivity index (χ0v) is 12.9. The summed E-state index contributed by atoms with van der Waals surface area (Å²) in [6.45, 7) is 8.34. The molecule has 0 spiro atoms. The van der Waals surface area contributed by atoms with Gasteiger partial charge in [0.25, 0.3) is 0 Å². The molecule has 1 aliphatic heterocycles. The third-order valence-electron chi connectivity index (χ3n) is 4.89. The van der Waals surface area contributed by atoms with Crippen LogP contribution in [0.1, 0.15) is 37.8 Å². The summed E-state index contributed by atoms with van der Waals surface area (Å²) in [6, 6.07) is 10.5. The van der Waals surface area contributed by atoms with E-state index in [4.69, 9.17) is 0 Å². The molecule has 1 saturated carbocycles. The smallest absolute Gasteiger partial charge is 0.0243 e. The third kappa shape index (κ3) is 3.42. The molecule has 1 atom stereocenters. The highest BCUT2D eigenvalue weighted by Gasteiger charge is 2.27. The van der Waals surface area contributed by atoms with Gasteiger partial charge < -0.3 is 5.32 Å². The zero-order chi connectivity index (χ0) is 13.9. The van der Waals surface area contributed by atoms with Gasteiger partial charge in [-0.15, -0.1) is 0 Å². The van der Waals surface area contributed by atoms with Crippen molar-refractivity contribution in [2.75, 3.05) is 19.6 Å². The maximum absolute atomic E-state index is 3.74. The summed E-state index contributed by atoms with van der Waals surface area (Å²) in [5.41, 5.74) is 3.13. The predicted octanol–water partition coefficient (Wildman–Crippen LogP) is 2.86. The number of benzene rings is 1. The van der Waals surface area contributed by atoms with Gasteiger partial charge in [-0.05, 0) is 42.7 Å². The molecule has 3 rings (SSSR count). The van der Waals surface area contributed by atoms with E-state index in [2.05, 4.69) is 48.3 Å². The zero-order valence-electron chi connectivity index (χ0n) is 12.9. The normalized spacial score (nSPS) is 21.6. The Bertz CT molecular complexity index is 410. The van der Waals surface area contributed by atoms with Crippen LogP contribution >= 0.6 is 0 Å². The van der Waals surface area contributed by atoms with Gasteiger partial charge in [0, 0.05) is 31.7 Å². The molecule has 1 unspecified atom stereocenters. The SMILES string of the molecule is CC(C)C(CNC1CC1)N1CCc2ccccc2CC1. The fourth-order valence-corrected chi connectivity index (χ4v) is 3.38. The molecule has 110 valence electrons. The molecule has 1 fully saturated rings. The molecule has 1 N–H and O–H groups in total. The Hall–Kier alpha value is -0.860. The number of fused-ring (bicyclic) bond motifs is 1. The quantitative estimate of drug-likeness (QED) is 0.886. The standard InChI is InChI=1S/C18H28N2/c1-14(2)18(13-19-17-7-8-17)20-11-9-15-5-3-4-6-16(15)10-12-20/h3-6,14,17-19H,7-13H2,1-2H3. The Labute approximate surface area is 123 Å². The van der Waals surface area contributed by atoms with E-state index in [9.17, 15) is 0 Å². The number of hydrogen-bond donors (Lipinski definition) is 1. The van der Waals surface area contributed by atoms with E-state index < -0.39 is 0 Å². The van der Waals surface area contributed by atoms with Crippen molar-refractivity contribution >= 4 is 0 Å². The van der Waals surface area contributed by atoms with E-state index in [-0.39, 0.29) is 0 Å². The maximum atomic E-state index is 3.74. The van der Waals surface area contributed by atoms with Gasteiger partial charge in [0.2, 0.25) is 0 Å². The van der Waals surface area contributed by atoms with Gasteiger partial charge >= 0.3 is 0 Å². The molecule has 0 saturated heterocycles. The second-order valence-corrected chi connectivity index (χ2v) is 6.80. The first-order valence-corrected chi connectivity index (χ1v) is 8.28. The summed E-state index contributed by atoms with van der Waals surface area (Å²) < 4.78 is 0. The number of hydrogen-bond acceptors (Lipinski definition) is 2. The number of nitrogens with zero attached hydrogens (tertiary/aromatic N) is 1. The summed E-state index contributed by atoms with van der Waals surface area (Å²) in [7, 11) is 0. The van der Waals surface area contributed by atoms with Crippen LogP contribution in [0.15, 0.2) is 24.3 Å². The van der Waals surface area contributed by atoms with Gasteiger partial charge in [0.15, 0.2) is 0 Å². The van der Waals surface area contributed by atoms with Gasteiger partial charge in [-0.2, -0.15) is 0 Å². The lowest BCUT2D eigenvalue weighted by atomic mass is 10.0. The first-order valence-electron chi connectivity index (χ1n) is 8.28. The highest BCUT2D eigenvalue weighted by atomic mass is 15.2. The molecule has 2 aliphatic rings. The Morgan fingerprint density at radius 1 is 1.10 bits per heavy atom. The van der Waals surface area contributed by atoms with Crippen LogP contribution in [0.4, 0.5) is 0 Å². The van der Waals surface area contributed by atoms with Gasteiger partial charge in [-0.3, -0.25) is 4.90 Å². The molecule has 0 radical (unpaired) electrons. The Balaban J connectivity index is 1.63. The molecule has 2 heteroatoms. The van der Waals surface area contributed by atoms with Crippen LogP contribution in [-0.4, -0.2) is 36.6 Å². The molecule has 1 aromatic rings. The van der Waals surface area contributed by atoms with Crippen molar-refractivity contribution in [1.82, 2.24) is 10.2 Å². The summed E-state index contributed by atoms with van der Waals surface area (Å²) in [4.78, 5) is 2.72. The Morgan fingerprint density at radius 3 is 2.20 bits per heavy atom. The minimum absolute atomic E-state index is 0.685. The second-order valence-electron chi connectivity index (χ2n) is 6.80. The molecular formula is C18H28N2. The lowest BCUT2D eigenvalue weighted by Crippen LogP contribution is -2.47. The maximum Gasteiger partial charge on any atom is 0.0243 e. The fraction of sp³-hybridized carbons (Fsp3) is 0.667. The van der Waals surface area contributed by atoms with Crippen molar-refractivity contribution in [1.29, 1.82) is 0 Å². The molecule has 1 aromatic carbocycles. The summed E-state index contributed by atoms with van der Waals surface area (Å²) in [6.07, 6.45) is 5.19. The monoisotopic (exact) mass is 272 g/mol. The van der Waals surface area contributed by atoms with Crippen LogP contribution in [0.25, 0.3) is 0 Å². The van der Waals surface area contributed by atoms with Crippen molar-refractivity contribution in [3.63, 3.8) is 0 Å². The minimum Gasteiger partial charge on any atom is -0.312 e. The highest BCUT2D eigenvalue weighted by Crippen LogP contribution is 2.22. The largest absolute Gasteiger partial charge is 0.312 e. The third-order valence-corrected chi connectivity index (χ3v) is 4.89. The van der Waals surface area contributed by atoms with Crippen molar-refractivity contribution in [3.05, 3.63) is 35.4 Å². The molecule has 1 heterocycles. The van der Waals surface area contributed by atoms with E-state index in [0.29, 0.717) is 6.04 Å². The summed E-state index contributed by atoms with van der Waals surface area (Å²) >= 11 is 0. The van der Waals surface area contributed by atoms with E-state index >= 15 is 0 Å². The van der Waals surface area contributed by atoms with Crippen molar-refractivity contribution < 1.29 is 0 Å². The number of rotatable bonds is 5. The lowest BCUT2D eigenvalue weighted by molar-refractivity contribution is 0.157. The lowest BCUT2D eigenvalue weighted by Gasteiger charge is -2.34. The van der Waals surface area contributed by atoms with E-state index in [1.165, 1.54) is 45.3 Å². The van der Waals surface area contributed by atoms with Crippen molar-refractivity contribution in [2.24, 2.45) is 5.92 Å². The minimum atomic E-state index is 0.685. The Morgan fingerprint density at radius 2 is 1.70 bits per heavy atom. The summed E-state index contributed by atoms with van der Waals surface area (Å²) in [5, 5.41) is 3.74. The topological polar surface area (TPSA) is 15.3 Å². The van der Waals surface area contributed by atoms with E-state index in [1.54, 1.807) is 11.1 Å². The van der Waals surface area contributed by atoms with Crippen LogP contribution in [0, 0.1) is 5.92 Å². The van der Waals surface area contributed by atoms with Crippen LogP contribution < -0.4 is 5.32 Å². The molecule has 1 aliphatic carbocycles. The van der Waals surface area contributed by atoms with Gasteiger partial charge in [0.1, 0.15) is 0 Å². The van der Waals surface area contributed by atoms with E-state index in [0.717, 1.165) is 12.0 Å². The Kier molecular flexibility index (Phi) is 4.42. The molecule has 20 heavy (non-hydrogen) atoms. The first-order chi connectivity index (χ1) is 9.74. The number of nitrogens with one attached hydrogen (secondary N) is 1. The van der Waals surface area contributed by atoms with Crippen LogP contribution in [0.5, 0.6) is 0 Å². The average molecular weight is 272 g/mol. The molecule has 0 aromatic heterocycles. The van der Waals surface area contributed by atoms with Gasteiger partial charge in [-0.25, -0.2) is 0 Å². The first kappa shape index (κ1) is 14.1. The summed E-state index contributed by atoms with van der Waals surface area (Å²) in [5.74, 6) is 0.725. The molecular weight excluding hydrogens is 244 g/mol. The van der Waals surface area contributed by atoms with Crippen LogP contribution in [0.3, 0.4) is 0 Å². The molecule has 0 bridgehead atoms. The average Bonchev–Trinajstić information content (AvgIpc) is 3.26. The van der Waals surface area contributed by atoms with Crippen LogP contribution in [0.2, 0.25) is 0 Å². The molecule has 2 nitrogen and oxygen atoms in total. The van der Waals surface area contributed by atoms with Gasteiger partial charge in [-0.1, -0.05) is 38.1 Å². The highest BCUT2D eigenvalue weighted by molar-refractivity contribution is 5.28. The molecule has 0 amide bonds. The van der Waals surface area contributed by atoms with Gasteiger partial charge in [0.05, 0.1) is 0 Å². The van der Waals surface area contributed by atoms with Crippen molar-refractivity contribution in [2.45, 2.75) is 51.6 Å². The van der Waals surface area contributed by atoms with Crippen molar-refractivity contribution in [3.8, 4) is 0 Å².